The van der Waals surface area contributed by atoms with Crippen LogP contribution >= 0.6 is 0 Å². The molecule has 0 aliphatic heterocycles. The van der Waals surface area contributed by atoms with Crippen molar-refractivity contribution in [1.29, 1.82) is 0 Å². The predicted octanol–water partition coefficient (Wildman–Crippen LogP) is 1.94. The third kappa shape index (κ3) is 4.42. The van der Waals surface area contributed by atoms with Crippen molar-refractivity contribution in [2.45, 2.75) is 51.1 Å². The van der Waals surface area contributed by atoms with Crippen molar-refractivity contribution in [3.63, 3.8) is 0 Å². The summed E-state index contributed by atoms with van der Waals surface area (Å²) < 4.78 is 0. The maximum absolute atomic E-state index is 10.3. The Morgan fingerprint density at radius 3 is 2.64 bits per heavy atom. The Kier molecular flexibility index (Phi) is 4.66. The summed E-state index contributed by atoms with van der Waals surface area (Å²) in [6, 6.07) is 0.742. The fourth-order valence-corrected chi connectivity index (χ4v) is 1.92. The summed E-state index contributed by atoms with van der Waals surface area (Å²) in [5, 5.41) is 11.9. The van der Waals surface area contributed by atoms with E-state index in [1.807, 2.05) is 6.92 Å². The lowest BCUT2D eigenvalue weighted by atomic mass is 9.95. The van der Waals surface area contributed by atoms with E-state index in [0.29, 0.717) is 6.04 Å². The van der Waals surface area contributed by atoms with E-state index >= 15 is 0 Å². The molecule has 80 valence electrons. The van der Waals surface area contributed by atoms with Crippen molar-refractivity contribution in [3.05, 3.63) is 12.2 Å². The van der Waals surface area contributed by atoms with Crippen molar-refractivity contribution in [3.8, 4) is 0 Å². The number of hydrogen-bond acceptors (Lipinski definition) is 2. The minimum Gasteiger partial charge on any atom is -0.478 e. The van der Waals surface area contributed by atoms with E-state index < -0.39 is 5.97 Å². The molecule has 1 aliphatic rings. The molecule has 0 aromatic rings. The maximum atomic E-state index is 10.3. The van der Waals surface area contributed by atoms with Gasteiger partial charge in [-0.2, -0.15) is 0 Å². The molecule has 0 amide bonds. The highest BCUT2D eigenvalue weighted by molar-refractivity contribution is 5.79. The summed E-state index contributed by atoms with van der Waals surface area (Å²) in [6.45, 7) is 1.99. The average Bonchev–Trinajstić information content (AvgIpc) is 2.16. The van der Waals surface area contributed by atoms with Crippen molar-refractivity contribution in [2.24, 2.45) is 0 Å². The molecule has 1 fully saturated rings. The molecule has 0 radical (unpaired) electrons. The SMILES string of the molecule is CC(C=CC(=O)O)NC1CCCCC1. The van der Waals surface area contributed by atoms with Gasteiger partial charge in [0.25, 0.3) is 0 Å². The Labute approximate surface area is 85.2 Å². The minimum absolute atomic E-state index is 0.161. The lowest BCUT2D eigenvalue weighted by Gasteiger charge is -2.25. The largest absolute Gasteiger partial charge is 0.478 e. The lowest BCUT2D eigenvalue weighted by Crippen LogP contribution is -2.36. The third-order valence-corrected chi connectivity index (χ3v) is 2.63. The van der Waals surface area contributed by atoms with Crippen LogP contribution in [0.1, 0.15) is 39.0 Å². The number of carboxylic acids is 1. The Morgan fingerprint density at radius 2 is 2.07 bits per heavy atom. The van der Waals surface area contributed by atoms with Gasteiger partial charge in [0.2, 0.25) is 0 Å². The van der Waals surface area contributed by atoms with Crippen LogP contribution in [0, 0.1) is 0 Å². The van der Waals surface area contributed by atoms with Gasteiger partial charge < -0.3 is 10.4 Å². The summed E-state index contributed by atoms with van der Waals surface area (Å²) in [4.78, 5) is 10.3. The highest BCUT2D eigenvalue weighted by Gasteiger charge is 2.13. The maximum Gasteiger partial charge on any atom is 0.328 e. The zero-order chi connectivity index (χ0) is 10.4. The molecule has 1 rings (SSSR count). The van der Waals surface area contributed by atoms with E-state index in [2.05, 4.69) is 5.32 Å². The summed E-state index contributed by atoms with van der Waals surface area (Å²) in [6.07, 6.45) is 9.31. The van der Waals surface area contributed by atoms with Crippen LogP contribution in [0.2, 0.25) is 0 Å². The van der Waals surface area contributed by atoms with Crippen LogP contribution < -0.4 is 5.32 Å². The van der Waals surface area contributed by atoms with Gasteiger partial charge in [0.1, 0.15) is 0 Å². The molecule has 0 spiro atoms. The second-order valence-corrected chi connectivity index (χ2v) is 3.99. The first-order chi connectivity index (χ1) is 6.68. The highest BCUT2D eigenvalue weighted by atomic mass is 16.4. The first-order valence-corrected chi connectivity index (χ1v) is 5.35. The van der Waals surface area contributed by atoms with Crippen molar-refractivity contribution in [2.75, 3.05) is 0 Å². The van der Waals surface area contributed by atoms with E-state index in [-0.39, 0.29) is 6.04 Å². The number of hydrogen-bond donors (Lipinski definition) is 2. The van der Waals surface area contributed by atoms with Crippen molar-refractivity contribution >= 4 is 5.97 Å². The van der Waals surface area contributed by atoms with Gasteiger partial charge in [-0.15, -0.1) is 0 Å². The van der Waals surface area contributed by atoms with Gasteiger partial charge in [-0.3, -0.25) is 0 Å². The van der Waals surface area contributed by atoms with Crippen molar-refractivity contribution in [1.82, 2.24) is 5.32 Å². The molecule has 2 N–H and O–H groups in total. The lowest BCUT2D eigenvalue weighted by molar-refractivity contribution is -0.131. The second kappa shape index (κ2) is 5.81. The molecule has 0 heterocycles. The molecule has 0 saturated heterocycles. The zero-order valence-corrected chi connectivity index (χ0v) is 8.70. The van der Waals surface area contributed by atoms with Gasteiger partial charge in [-0.1, -0.05) is 25.3 Å². The Bertz CT molecular complexity index is 207. The monoisotopic (exact) mass is 197 g/mol. The van der Waals surface area contributed by atoms with Crippen LogP contribution in [0.15, 0.2) is 12.2 Å². The van der Waals surface area contributed by atoms with Crippen LogP contribution in [0.4, 0.5) is 0 Å². The van der Waals surface area contributed by atoms with Crippen LogP contribution in [0.25, 0.3) is 0 Å². The summed E-state index contributed by atoms with van der Waals surface area (Å²) >= 11 is 0. The fourth-order valence-electron chi connectivity index (χ4n) is 1.92. The van der Waals surface area contributed by atoms with E-state index in [0.717, 1.165) is 0 Å². The number of aliphatic carboxylic acids is 1. The zero-order valence-electron chi connectivity index (χ0n) is 8.70. The molecule has 0 aromatic heterocycles. The summed E-state index contributed by atoms with van der Waals surface area (Å²) in [5.41, 5.74) is 0. The normalized spacial score (nSPS) is 21.2. The topological polar surface area (TPSA) is 49.3 Å². The Balaban J connectivity index is 2.24. The van der Waals surface area contributed by atoms with E-state index in [4.69, 9.17) is 5.11 Å². The number of nitrogens with one attached hydrogen (secondary N) is 1. The van der Waals surface area contributed by atoms with Gasteiger partial charge in [-0.05, 0) is 19.8 Å². The van der Waals surface area contributed by atoms with Gasteiger partial charge in [-0.25, -0.2) is 4.79 Å². The molecule has 14 heavy (non-hydrogen) atoms. The van der Waals surface area contributed by atoms with Crippen LogP contribution in [0.5, 0.6) is 0 Å². The molecule has 1 atom stereocenters. The standard InChI is InChI=1S/C11H19NO2/c1-9(7-8-11(13)14)12-10-5-3-2-4-6-10/h7-10,12H,2-6H2,1H3,(H,13,14). The van der Waals surface area contributed by atoms with Gasteiger partial charge in [0, 0.05) is 18.2 Å². The average molecular weight is 197 g/mol. The van der Waals surface area contributed by atoms with E-state index in [1.54, 1.807) is 6.08 Å². The minimum atomic E-state index is -0.873. The van der Waals surface area contributed by atoms with Gasteiger partial charge >= 0.3 is 5.97 Å². The first-order valence-electron chi connectivity index (χ1n) is 5.35. The third-order valence-electron chi connectivity index (χ3n) is 2.63. The quantitative estimate of drug-likeness (QED) is 0.677. The molecule has 3 heteroatoms. The first kappa shape index (κ1) is 11.2. The smallest absolute Gasteiger partial charge is 0.328 e. The molecular formula is C11H19NO2. The molecule has 1 aliphatic carbocycles. The van der Waals surface area contributed by atoms with Crippen LogP contribution in [-0.2, 0) is 4.79 Å². The number of carboxylic acid groups (broad SMARTS) is 1. The van der Waals surface area contributed by atoms with E-state index in [9.17, 15) is 4.79 Å². The van der Waals surface area contributed by atoms with Crippen LogP contribution in [-0.4, -0.2) is 23.2 Å². The molecule has 0 aromatic carbocycles. The molecule has 0 bridgehead atoms. The number of rotatable bonds is 4. The van der Waals surface area contributed by atoms with E-state index in [1.165, 1.54) is 38.2 Å². The summed E-state index contributed by atoms with van der Waals surface area (Å²) in [5.74, 6) is -0.873. The molecule has 3 nitrogen and oxygen atoms in total. The Hall–Kier alpha value is -0.830. The molecule has 1 saturated carbocycles. The van der Waals surface area contributed by atoms with Gasteiger partial charge in [0.05, 0.1) is 0 Å². The molecular weight excluding hydrogens is 178 g/mol. The Morgan fingerprint density at radius 1 is 1.43 bits per heavy atom. The van der Waals surface area contributed by atoms with Crippen molar-refractivity contribution < 1.29 is 9.90 Å². The van der Waals surface area contributed by atoms with Crippen LogP contribution in [0.3, 0.4) is 0 Å². The van der Waals surface area contributed by atoms with Gasteiger partial charge in [0.15, 0.2) is 0 Å². The predicted molar refractivity (Wildman–Crippen MR) is 56.2 cm³/mol. The number of carbonyl (C=O) groups is 1. The second-order valence-electron chi connectivity index (χ2n) is 3.99. The molecule has 1 unspecified atom stereocenters. The fraction of sp³-hybridized carbons (Fsp3) is 0.727. The summed E-state index contributed by atoms with van der Waals surface area (Å²) in [7, 11) is 0. The highest BCUT2D eigenvalue weighted by Crippen LogP contribution is 2.17.